The van der Waals surface area contributed by atoms with Crippen LogP contribution in [0.4, 0.5) is 5.69 Å². The fourth-order valence-electron chi connectivity index (χ4n) is 1.44. The fourth-order valence-corrected chi connectivity index (χ4v) is 1.44. The van der Waals surface area contributed by atoms with E-state index in [1.165, 1.54) is 0 Å². The lowest BCUT2D eigenvalue weighted by Crippen LogP contribution is -1.99. The van der Waals surface area contributed by atoms with Crippen molar-refractivity contribution in [3.63, 3.8) is 0 Å². The van der Waals surface area contributed by atoms with Crippen molar-refractivity contribution in [3.8, 4) is 18.0 Å². The summed E-state index contributed by atoms with van der Waals surface area (Å²) in [5.41, 5.74) is 2.17. The van der Waals surface area contributed by atoms with Crippen LogP contribution in [0.5, 0.6) is 0 Å². The Balaban J connectivity index is 2.24. The van der Waals surface area contributed by atoms with Crippen LogP contribution >= 0.6 is 0 Å². The maximum Gasteiger partial charge on any atom is 0.0763 e. The van der Waals surface area contributed by atoms with E-state index in [0.29, 0.717) is 6.54 Å². The zero-order valence-corrected chi connectivity index (χ0v) is 8.35. The number of terminal acetylenes is 1. The van der Waals surface area contributed by atoms with Crippen molar-refractivity contribution in [2.45, 2.75) is 0 Å². The van der Waals surface area contributed by atoms with Gasteiger partial charge in [0, 0.05) is 23.8 Å². The van der Waals surface area contributed by atoms with E-state index < -0.39 is 0 Å². The quantitative estimate of drug-likeness (QED) is 0.746. The Labute approximate surface area is 89.6 Å². The minimum absolute atomic E-state index is 0.551. The third-order valence-corrected chi connectivity index (χ3v) is 2.14. The van der Waals surface area contributed by atoms with Crippen LogP contribution in [-0.4, -0.2) is 11.1 Å². The number of benzene rings is 1. The summed E-state index contributed by atoms with van der Waals surface area (Å²) in [7, 11) is 0. The summed E-state index contributed by atoms with van der Waals surface area (Å²) in [6.07, 6.45) is 9.22. The minimum atomic E-state index is 0.551. The lowest BCUT2D eigenvalue weighted by atomic mass is 10.2. The molecule has 2 heteroatoms. The van der Waals surface area contributed by atoms with Crippen molar-refractivity contribution >= 4 is 5.69 Å². The molecule has 0 radical (unpaired) electrons. The van der Waals surface area contributed by atoms with Crippen molar-refractivity contribution in [3.05, 3.63) is 48.8 Å². The number of nitrogens with zero attached hydrogens (tertiary/aromatic N) is 1. The predicted octanol–water partition coefficient (Wildman–Crippen LogP) is 2.52. The molecule has 0 fully saturated rings. The van der Waals surface area contributed by atoms with Crippen molar-refractivity contribution < 1.29 is 0 Å². The molecule has 1 N–H and O–H groups in total. The minimum Gasteiger partial charge on any atom is -0.374 e. The highest BCUT2D eigenvalue weighted by atomic mass is 14.9. The van der Waals surface area contributed by atoms with E-state index in [4.69, 9.17) is 6.42 Å². The lowest BCUT2D eigenvalue weighted by molar-refractivity contribution is 1.08. The van der Waals surface area contributed by atoms with Gasteiger partial charge in [0.15, 0.2) is 0 Å². The molecule has 0 unspecified atom stereocenters. The molecule has 0 spiro atoms. The molecule has 2 aromatic rings. The number of hydrogen-bond acceptors (Lipinski definition) is 1. The second-order valence-electron chi connectivity index (χ2n) is 3.20. The van der Waals surface area contributed by atoms with Crippen LogP contribution in [0.25, 0.3) is 5.69 Å². The summed E-state index contributed by atoms with van der Waals surface area (Å²) in [5, 5.41) is 3.15. The van der Waals surface area contributed by atoms with Gasteiger partial charge in [-0.15, -0.1) is 6.42 Å². The van der Waals surface area contributed by atoms with Gasteiger partial charge >= 0.3 is 0 Å². The van der Waals surface area contributed by atoms with E-state index >= 15 is 0 Å². The zero-order chi connectivity index (χ0) is 10.5. The van der Waals surface area contributed by atoms with Gasteiger partial charge in [0.05, 0.1) is 6.54 Å². The van der Waals surface area contributed by atoms with Gasteiger partial charge in [-0.1, -0.05) is 12.0 Å². The molecule has 74 valence electrons. The smallest absolute Gasteiger partial charge is 0.0763 e. The summed E-state index contributed by atoms with van der Waals surface area (Å²) in [5.74, 6) is 2.55. The van der Waals surface area contributed by atoms with Crippen molar-refractivity contribution in [1.82, 2.24) is 4.57 Å². The van der Waals surface area contributed by atoms with Crippen LogP contribution in [0.2, 0.25) is 0 Å². The molecular formula is C13H12N2. The Kier molecular flexibility index (Phi) is 2.75. The highest BCUT2D eigenvalue weighted by Crippen LogP contribution is 2.14. The second kappa shape index (κ2) is 4.39. The zero-order valence-electron chi connectivity index (χ0n) is 8.35. The third kappa shape index (κ3) is 2.21. The number of aromatic nitrogens is 1. The molecule has 0 amide bonds. The number of rotatable bonds is 3. The van der Waals surface area contributed by atoms with Crippen molar-refractivity contribution in [2.24, 2.45) is 0 Å². The van der Waals surface area contributed by atoms with Crippen molar-refractivity contribution in [2.75, 3.05) is 11.9 Å². The number of hydrogen-bond donors (Lipinski definition) is 1. The average molecular weight is 196 g/mol. The molecule has 0 aliphatic heterocycles. The van der Waals surface area contributed by atoms with E-state index in [2.05, 4.69) is 27.9 Å². The first-order chi connectivity index (χ1) is 7.40. The first-order valence-corrected chi connectivity index (χ1v) is 4.81. The number of anilines is 1. The summed E-state index contributed by atoms with van der Waals surface area (Å²) in [6, 6.07) is 12.1. The lowest BCUT2D eigenvalue weighted by Gasteiger charge is -2.06. The standard InChI is InChI=1S/C13H12N2/c1-2-8-14-12-6-5-7-13(11-12)15-9-3-4-10-15/h1,3-7,9-11,14H,8H2. The van der Waals surface area contributed by atoms with Crippen LogP contribution in [0, 0.1) is 12.3 Å². The summed E-state index contributed by atoms with van der Waals surface area (Å²) < 4.78 is 2.06. The summed E-state index contributed by atoms with van der Waals surface area (Å²) in [4.78, 5) is 0. The van der Waals surface area contributed by atoms with E-state index in [0.717, 1.165) is 11.4 Å². The second-order valence-corrected chi connectivity index (χ2v) is 3.20. The molecule has 2 rings (SSSR count). The van der Waals surface area contributed by atoms with Crippen LogP contribution in [0.3, 0.4) is 0 Å². The highest BCUT2D eigenvalue weighted by Gasteiger charge is 1.95. The van der Waals surface area contributed by atoms with E-state index in [-0.39, 0.29) is 0 Å². The number of nitrogens with one attached hydrogen (secondary N) is 1. The molecule has 1 heterocycles. The van der Waals surface area contributed by atoms with Gasteiger partial charge in [-0.3, -0.25) is 0 Å². The van der Waals surface area contributed by atoms with Crippen LogP contribution in [0.15, 0.2) is 48.8 Å². The summed E-state index contributed by atoms with van der Waals surface area (Å²) in [6.45, 7) is 0.551. The van der Waals surface area contributed by atoms with E-state index in [1.807, 2.05) is 36.7 Å². The third-order valence-electron chi connectivity index (χ3n) is 2.14. The Bertz CT molecular complexity index is 464. The molecule has 0 aliphatic rings. The molecule has 0 saturated carbocycles. The molecular weight excluding hydrogens is 184 g/mol. The molecule has 1 aromatic heterocycles. The van der Waals surface area contributed by atoms with E-state index in [1.54, 1.807) is 0 Å². The molecule has 15 heavy (non-hydrogen) atoms. The van der Waals surface area contributed by atoms with Gasteiger partial charge in [0.2, 0.25) is 0 Å². The monoisotopic (exact) mass is 196 g/mol. The normalized spacial score (nSPS) is 9.53. The first-order valence-electron chi connectivity index (χ1n) is 4.81. The van der Waals surface area contributed by atoms with Gasteiger partial charge in [0.25, 0.3) is 0 Å². The highest BCUT2D eigenvalue weighted by molar-refractivity contribution is 5.51. The van der Waals surface area contributed by atoms with Gasteiger partial charge in [-0.05, 0) is 30.3 Å². The molecule has 0 saturated heterocycles. The SMILES string of the molecule is C#CCNc1cccc(-n2cccc2)c1. The summed E-state index contributed by atoms with van der Waals surface area (Å²) >= 11 is 0. The first kappa shape index (κ1) is 9.42. The van der Waals surface area contributed by atoms with Crippen LogP contribution in [-0.2, 0) is 0 Å². The maximum atomic E-state index is 5.19. The Morgan fingerprint density at radius 2 is 2.00 bits per heavy atom. The Morgan fingerprint density at radius 3 is 2.73 bits per heavy atom. The molecule has 0 bridgehead atoms. The Morgan fingerprint density at radius 1 is 1.20 bits per heavy atom. The van der Waals surface area contributed by atoms with Crippen LogP contribution in [0.1, 0.15) is 0 Å². The van der Waals surface area contributed by atoms with Gasteiger partial charge in [-0.25, -0.2) is 0 Å². The van der Waals surface area contributed by atoms with Crippen LogP contribution < -0.4 is 5.32 Å². The molecule has 2 nitrogen and oxygen atoms in total. The van der Waals surface area contributed by atoms with Gasteiger partial charge in [0.1, 0.15) is 0 Å². The largest absolute Gasteiger partial charge is 0.374 e. The van der Waals surface area contributed by atoms with E-state index in [9.17, 15) is 0 Å². The molecule has 1 aromatic carbocycles. The van der Waals surface area contributed by atoms with Crippen molar-refractivity contribution in [1.29, 1.82) is 0 Å². The van der Waals surface area contributed by atoms with Gasteiger partial charge < -0.3 is 9.88 Å². The molecule has 0 atom stereocenters. The Hall–Kier alpha value is -2.14. The predicted molar refractivity (Wildman–Crippen MR) is 63.1 cm³/mol. The topological polar surface area (TPSA) is 17.0 Å². The average Bonchev–Trinajstić information content (AvgIpc) is 2.80. The fraction of sp³-hybridized carbons (Fsp3) is 0.0769. The molecule has 0 aliphatic carbocycles. The maximum absolute atomic E-state index is 5.19. The van der Waals surface area contributed by atoms with Gasteiger partial charge in [-0.2, -0.15) is 0 Å².